The van der Waals surface area contributed by atoms with Gasteiger partial charge in [0.1, 0.15) is 17.3 Å². The van der Waals surface area contributed by atoms with E-state index in [4.69, 9.17) is 9.47 Å². The van der Waals surface area contributed by atoms with Crippen molar-refractivity contribution in [3.05, 3.63) is 65.2 Å². The molecule has 0 unspecified atom stereocenters. The zero-order valence-corrected chi connectivity index (χ0v) is 18.3. The highest BCUT2D eigenvalue weighted by Gasteiger charge is 2.46. The summed E-state index contributed by atoms with van der Waals surface area (Å²) in [6, 6.07) is 13.5. The van der Waals surface area contributed by atoms with Crippen LogP contribution in [0.3, 0.4) is 0 Å². The van der Waals surface area contributed by atoms with Gasteiger partial charge in [-0.2, -0.15) is 0 Å². The highest BCUT2D eigenvalue weighted by atomic mass is 16.5. The number of aliphatic hydroxyl groups excluding tert-OH is 1. The molecule has 7 heteroatoms. The first kappa shape index (κ1) is 22.4. The molecule has 1 atom stereocenters. The lowest BCUT2D eigenvalue weighted by molar-refractivity contribution is -0.139. The van der Waals surface area contributed by atoms with Crippen molar-refractivity contribution in [3.63, 3.8) is 0 Å². The minimum atomic E-state index is -0.700. The third kappa shape index (κ3) is 4.56. The van der Waals surface area contributed by atoms with Crippen molar-refractivity contribution in [2.45, 2.75) is 12.5 Å². The van der Waals surface area contributed by atoms with Crippen molar-refractivity contribution in [1.82, 2.24) is 9.80 Å². The fourth-order valence-electron chi connectivity index (χ4n) is 3.79. The lowest BCUT2D eigenvalue weighted by atomic mass is 9.95. The van der Waals surface area contributed by atoms with Gasteiger partial charge in [0.15, 0.2) is 0 Å². The molecule has 1 aliphatic rings. The Morgan fingerprint density at radius 2 is 1.77 bits per heavy atom. The fourth-order valence-corrected chi connectivity index (χ4v) is 3.79. The Kier molecular flexibility index (Phi) is 6.97. The lowest BCUT2D eigenvalue weighted by Crippen LogP contribution is -2.32. The van der Waals surface area contributed by atoms with Gasteiger partial charge in [0.2, 0.25) is 0 Å². The van der Waals surface area contributed by atoms with E-state index in [1.54, 1.807) is 23.1 Å². The van der Waals surface area contributed by atoms with E-state index >= 15 is 0 Å². The molecule has 3 rings (SSSR count). The van der Waals surface area contributed by atoms with E-state index in [0.717, 1.165) is 12.1 Å². The molecule has 2 aromatic carbocycles. The van der Waals surface area contributed by atoms with Crippen LogP contribution in [0.15, 0.2) is 54.1 Å². The molecule has 1 aliphatic heterocycles. The summed E-state index contributed by atoms with van der Waals surface area (Å²) >= 11 is 0. The second-order valence-corrected chi connectivity index (χ2v) is 7.63. The predicted octanol–water partition coefficient (Wildman–Crippen LogP) is 3.08. The number of nitrogens with zero attached hydrogens (tertiary/aromatic N) is 2. The summed E-state index contributed by atoms with van der Waals surface area (Å²) < 4.78 is 10.6. The number of ether oxygens (including phenoxy) is 2. The van der Waals surface area contributed by atoms with Gasteiger partial charge >= 0.3 is 0 Å². The van der Waals surface area contributed by atoms with Crippen LogP contribution in [0.4, 0.5) is 0 Å². The molecular formula is C24H28N2O5. The van der Waals surface area contributed by atoms with Gasteiger partial charge in [-0.15, -0.1) is 0 Å². The van der Waals surface area contributed by atoms with Crippen LogP contribution in [0.25, 0.3) is 5.76 Å². The number of ketones is 1. The van der Waals surface area contributed by atoms with Gasteiger partial charge in [-0.25, -0.2) is 0 Å². The third-order valence-electron chi connectivity index (χ3n) is 5.32. The van der Waals surface area contributed by atoms with Crippen LogP contribution in [0.2, 0.25) is 0 Å². The van der Waals surface area contributed by atoms with E-state index in [0.29, 0.717) is 30.0 Å². The van der Waals surface area contributed by atoms with E-state index in [9.17, 15) is 14.7 Å². The summed E-state index contributed by atoms with van der Waals surface area (Å²) in [5.74, 6) is -0.669. The van der Waals surface area contributed by atoms with E-state index in [-0.39, 0.29) is 11.3 Å². The van der Waals surface area contributed by atoms with Gasteiger partial charge in [0.05, 0.1) is 31.4 Å². The number of aliphatic hydroxyl groups is 1. The molecule has 1 N–H and O–H groups in total. The summed E-state index contributed by atoms with van der Waals surface area (Å²) in [6.07, 6.45) is 0.704. The number of benzene rings is 2. The molecule has 0 spiro atoms. The van der Waals surface area contributed by atoms with Crippen LogP contribution in [0.5, 0.6) is 11.5 Å². The largest absolute Gasteiger partial charge is 0.507 e. The fraction of sp³-hybridized carbons (Fsp3) is 0.333. The highest BCUT2D eigenvalue weighted by Crippen LogP contribution is 2.41. The second-order valence-electron chi connectivity index (χ2n) is 7.63. The molecule has 1 fully saturated rings. The lowest BCUT2D eigenvalue weighted by Gasteiger charge is -2.26. The van der Waals surface area contributed by atoms with Crippen molar-refractivity contribution in [3.8, 4) is 11.5 Å². The molecule has 31 heavy (non-hydrogen) atoms. The van der Waals surface area contributed by atoms with Crippen LogP contribution >= 0.6 is 0 Å². The van der Waals surface area contributed by atoms with Crippen molar-refractivity contribution in [1.29, 1.82) is 0 Å². The molecule has 1 heterocycles. The zero-order valence-electron chi connectivity index (χ0n) is 18.3. The predicted molar refractivity (Wildman–Crippen MR) is 118 cm³/mol. The monoisotopic (exact) mass is 424 g/mol. The average molecular weight is 424 g/mol. The molecule has 7 nitrogen and oxygen atoms in total. The molecule has 0 aliphatic carbocycles. The molecule has 1 amide bonds. The van der Waals surface area contributed by atoms with E-state index in [1.807, 2.05) is 49.3 Å². The number of methoxy groups -OCH3 is 2. The Bertz CT molecular complexity index is 985. The van der Waals surface area contributed by atoms with Crippen LogP contribution in [-0.2, 0) is 9.59 Å². The number of likely N-dealkylation sites (tertiary alicyclic amines) is 1. The molecule has 0 radical (unpaired) electrons. The number of Topliss-reactive ketones (excluding diaryl/α,β-unsaturated/α-hetero) is 1. The number of amides is 1. The van der Waals surface area contributed by atoms with Crippen molar-refractivity contribution in [2.24, 2.45) is 0 Å². The number of carbonyl (C=O) groups is 2. The molecule has 0 aromatic heterocycles. The summed E-state index contributed by atoms with van der Waals surface area (Å²) in [5, 5.41) is 11.2. The van der Waals surface area contributed by atoms with Crippen LogP contribution in [0, 0.1) is 0 Å². The normalized spacial score (nSPS) is 18.0. The van der Waals surface area contributed by atoms with Gasteiger partial charge in [-0.05, 0) is 44.8 Å². The smallest absolute Gasteiger partial charge is 0.295 e. The maximum atomic E-state index is 13.0. The standard InChI is InChI=1S/C24H28N2O5/c1-25(2)13-8-14-26-21(16-9-6-5-7-10-16)20(23(28)24(26)29)22(27)18-12-11-17(30-3)15-19(18)31-4/h5-7,9-12,15,21,27H,8,13-14H2,1-4H3/t21-/m0/s1. The zero-order chi connectivity index (χ0) is 22.5. The summed E-state index contributed by atoms with van der Waals surface area (Å²) in [7, 11) is 6.92. The van der Waals surface area contributed by atoms with Gasteiger partial charge in [-0.1, -0.05) is 30.3 Å². The first-order valence-electron chi connectivity index (χ1n) is 10.1. The number of rotatable bonds is 8. The van der Waals surface area contributed by atoms with E-state index < -0.39 is 17.7 Å². The van der Waals surface area contributed by atoms with Gasteiger partial charge in [0, 0.05) is 12.6 Å². The van der Waals surface area contributed by atoms with E-state index in [2.05, 4.69) is 0 Å². The van der Waals surface area contributed by atoms with Crippen LogP contribution < -0.4 is 9.47 Å². The van der Waals surface area contributed by atoms with Crippen molar-refractivity contribution >= 4 is 17.4 Å². The Hall–Kier alpha value is -3.32. The molecule has 1 saturated heterocycles. The Balaban J connectivity index is 2.12. The molecular weight excluding hydrogens is 396 g/mol. The topological polar surface area (TPSA) is 79.3 Å². The van der Waals surface area contributed by atoms with E-state index in [1.165, 1.54) is 14.2 Å². The Labute approximate surface area is 182 Å². The number of carbonyl (C=O) groups excluding carboxylic acids is 2. The summed E-state index contributed by atoms with van der Waals surface area (Å²) in [4.78, 5) is 29.5. The van der Waals surface area contributed by atoms with Crippen molar-refractivity contribution < 1.29 is 24.2 Å². The molecule has 2 aromatic rings. The second kappa shape index (κ2) is 9.66. The SMILES string of the molecule is COc1ccc(C(O)=C2C(=O)C(=O)N(CCCN(C)C)[C@H]2c2ccccc2)c(OC)c1. The van der Waals surface area contributed by atoms with Gasteiger partial charge in [0.25, 0.3) is 11.7 Å². The first-order chi connectivity index (χ1) is 14.9. The van der Waals surface area contributed by atoms with Gasteiger partial charge in [-0.3, -0.25) is 9.59 Å². The average Bonchev–Trinajstić information content (AvgIpc) is 3.03. The highest BCUT2D eigenvalue weighted by molar-refractivity contribution is 6.46. The summed E-state index contributed by atoms with van der Waals surface area (Å²) in [6.45, 7) is 1.18. The molecule has 164 valence electrons. The quantitative estimate of drug-likeness (QED) is 0.399. The Morgan fingerprint density at radius 3 is 2.39 bits per heavy atom. The summed E-state index contributed by atoms with van der Waals surface area (Å²) in [5.41, 5.74) is 1.15. The Morgan fingerprint density at radius 1 is 1.06 bits per heavy atom. The van der Waals surface area contributed by atoms with Gasteiger partial charge < -0.3 is 24.4 Å². The van der Waals surface area contributed by atoms with Crippen LogP contribution in [-0.4, -0.2) is 68.0 Å². The first-order valence-corrected chi connectivity index (χ1v) is 10.1. The third-order valence-corrected chi connectivity index (χ3v) is 5.32. The number of hydrogen-bond donors (Lipinski definition) is 1. The number of hydrogen-bond acceptors (Lipinski definition) is 6. The molecule has 0 saturated carbocycles. The van der Waals surface area contributed by atoms with Crippen LogP contribution in [0.1, 0.15) is 23.6 Å². The molecule has 0 bridgehead atoms. The van der Waals surface area contributed by atoms with Crippen molar-refractivity contribution in [2.75, 3.05) is 41.4 Å². The maximum Gasteiger partial charge on any atom is 0.295 e. The minimum absolute atomic E-state index is 0.0597. The minimum Gasteiger partial charge on any atom is -0.507 e. The maximum absolute atomic E-state index is 13.0.